The number of aliphatic imine (C=N–C) groups is 1. The maximum atomic E-state index is 12.6. The Kier molecular flexibility index (Phi) is 6.82. The van der Waals surface area contributed by atoms with Crippen LogP contribution in [-0.2, 0) is 9.53 Å². The van der Waals surface area contributed by atoms with E-state index in [1.165, 1.54) is 17.6 Å². The van der Waals surface area contributed by atoms with E-state index in [9.17, 15) is 14.7 Å². The highest BCUT2D eigenvalue weighted by atomic mass is 32.1. The summed E-state index contributed by atoms with van der Waals surface area (Å²) >= 11 is 1.29. The van der Waals surface area contributed by atoms with Crippen LogP contribution in [0.15, 0.2) is 46.0 Å². The first-order valence-corrected chi connectivity index (χ1v) is 10.4. The number of Topliss-reactive ketones (excluding diaryl/α,β-unsaturated/α-hetero) is 1. The molecule has 1 heterocycles. The molecule has 1 aromatic carbocycles. The zero-order valence-electron chi connectivity index (χ0n) is 16.4. The van der Waals surface area contributed by atoms with Crippen LogP contribution in [0.4, 0.5) is 5.00 Å². The van der Waals surface area contributed by atoms with E-state index in [1.54, 1.807) is 6.92 Å². The zero-order chi connectivity index (χ0) is 20.8. The lowest BCUT2D eigenvalue weighted by Gasteiger charge is -2.11. The average molecular weight is 413 g/mol. The molecule has 0 unspecified atom stereocenters. The summed E-state index contributed by atoms with van der Waals surface area (Å²) in [6.07, 6.45) is 2.84. The molecule has 0 spiro atoms. The molecule has 1 N–H and O–H groups in total. The Morgan fingerprint density at radius 1 is 1.21 bits per heavy atom. The van der Waals surface area contributed by atoms with Crippen LogP contribution in [0.3, 0.4) is 0 Å². The lowest BCUT2D eigenvalue weighted by atomic mass is 9.97. The van der Waals surface area contributed by atoms with Gasteiger partial charge in [-0.3, -0.25) is 4.79 Å². The number of esters is 1. The van der Waals surface area contributed by atoms with E-state index in [1.807, 2.05) is 36.6 Å². The summed E-state index contributed by atoms with van der Waals surface area (Å²) in [5, 5.41) is 12.3. The number of rotatable bonds is 7. The van der Waals surface area contributed by atoms with E-state index in [0.29, 0.717) is 42.0 Å². The Morgan fingerprint density at radius 2 is 1.97 bits per heavy atom. The fraction of sp³-hybridized carbons (Fsp3) is 0.318. The molecule has 6 nitrogen and oxygen atoms in total. The Morgan fingerprint density at radius 3 is 2.62 bits per heavy atom. The van der Waals surface area contributed by atoms with Crippen molar-refractivity contribution in [1.82, 2.24) is 0 Å². The molecule has 1 aliphatic rings. The number of allylic oxidation sites excluding steroid dienone is 2. The standard InChI is InChI=1S/C22H23NO5S/c1-3-27-15-10-8-14(9-11-15)17-13-29-21(20(17)22(26)28-4-2)23-12-16-18(24)6-5-7-19(16)25/h8-13,24H,3-7H2,1-2H3/b23-12+. The molecule has 1 aliphatic carbocycles. The number of ether oxygens (including phenoxy) is 2. The van der Waals surface area contributed by atoms with Gasteiger partial charge in [0.15, 0.2) is 5.78 Å². The molecule has 0 saturated carbocycles. The van der Waals surface area contributed by atoms with Crippen molar-refractivity contribution in [2.45, 2.75) is 33.1 Å². The third kappa shape index (κ3) is 4.74. The smallest absolute Gasteiger partial charge is 0.341 e. The minimum atomic E-state index is -0.474. The van der Waals surface area contributed by atoms with E-state index in [-0.39, 0.29) is 23.7 Å². The number of hydrogen-bond donors (Lipinski definition) is 1. The molecule has 0 amide bonds. The van der Waals surface area contributed by atoms with Crippen LogP contribution < -0.4 is 4.74 Å². The predicted octanol–water partition coefficient (Wildman–Crippen LogP) is 5.26. The van der Waals surface area contributed by atoms with Gasteiger partial charge in [0.05, 0.1) is 18.8 Å². The maximum absolute atomic E-state index is 12.6. The van der Waals surface area contributed by atoms with Crippen LogP contribution in [-0.4, -0.2) is 36.3 Å². The minimum Gasteiger partial charge on any atom is -0.512 e. The second-order valence-electron chi connectivity index (χ2n) is 6.40. The minimum absolute atomic E-state index is 0.0472. The molecule has 0 aliphatic heterocycles. The fourth-order valence-corrected chi connectivity index (χ4v) is 3.98. The summed E-state index contributed by atoms with van der Waals surface area (Å²) < 4.78 is 10.7. The number of thiophene rings is 1. The van der Waals surface area contributed by atoms with Crippen LogP contribution in [0.2, 0.25) is 0 Å². The van der Waals surface area contributed by atoms with E-state index in [2.05, 4.69) is 4.99 Å². The SMILES string of the molecule is CCOC(=O)c1c(-c2ccc(OCC)cc2)csc1/N=C/C1=C(O)CCCC1=O. The van der Waals surface area contributed by atoms with Gasteiger partial charge in [-0.25, -0.2) is 9.79 Å². The summed E-state index contributed by atoms with van der Waals surface area (Å²) in [6, 6.07) is 7.44. The lowest BCUT2D eigenvalue weighted by Crippen LogP contribution is -2.12. The molecular weight excluding hydrogens is 390 g/mol. The van der Waals surface area contributed by atoms with Gasteiger partial charge in [-0.05, 0) is 38.0 Å². The van der Waals surface area contributed by atoms with Crippen molar-refractivity contribution in [2.24, 2.45) is 4.99 Å². The van der Waals surface area contributed by atoms with Gasteiger partial charge < -0.3 is 14.6 Å². The molecule has 0 saturated heterocycles. The highest BCUT2D eigenvalue weighted by Gasteiger charge is 2.23. The molecule has 0 atom stereocenters. The number of benzene rings is 1. The summed E-state index contributed by atoms with van der Waals surface area (Å²) in [6.45, 7) is 4.48. The fourth-order valence-electron chi connectivity index (χ4n) is 3.07. The second kappa shape index (κ2) is 9.52. The van der Waals surface area contributed by atoms with E-state index < -0.39 is 5.97 Å². The number of aliphatic hydroxyl groups excluding tert-OH is 1. The molecular formula is C22H23NO5S. The molecule has 152 valence electrons. The summed E-state index contributed by atoms with van der Waals surface area (Å²) in [4.78, 5) is 29.0. The molecule has 0 fully saturated rings. The van der Waals surface area contributed by atoms with Gasteiger partial charge in [-0.15, -0.1) is 11.3 Å². The van der Waals surface area contributed by atoms with Gasteiger partial charge in [-0.2, -0.15) is 0 Å². The van der Waals surface area contributed by atoms with Crippen LogP contribution in [0, 0.1) is 0 Å². The molecule has 2 aromatic rings. The number of ketones is 1. The third-order valence-corrected chi connectivity index (χ3v) is 5.35. The first-order valence-electron chi connectivity index (χ1n) is 9.56. The molecule has 3 rings (SSSR count). The van der Waals surface area contributed by atoms with Gasteiger partial charge in [-0.1, -0.05) is 12.1 Å². The summed E-state index contributed by atoms with van der Waals surface area (Å²) in [5.41, 5.74) is 2.10. The van der Waals surface area contributed by atoms with Crippen molar-refractivity contribution in [1.29, 1.82) is 0 Å². The van der Waals surface area contributed by atoms with Gasteiger partial charge >= 0.3 is 5.97 Å². The van der Waals surface area contributed by atoms with E-state index >= 15 is 0 Å². The Labute approximate surface area is 173 Å². The van der Waals surface area contributed by atoms with Gasteiger partial charge in [0.2, 0.25) is 0 Å². The van der Waals surface area contributed by atoms with Crippen molar-refractivity contribution in [3.05, 3.63) is 46.5 Å². The molecule has 7 heteroatoms. The number of aliphatic hydroxyl groups is 1. The second-order valence-corrected chi connectivity index (χ2v) is 7.26. The number of carbonyl (C=O) groups is 2. The summed E-state index contributed by atoms with van der Waals surface area (Å²) in [5.74, 6) is 0.183. The van der Waals surface area contributed by atoms with Crippen molar-refractivity contribution in [3.8, 4) is 16.9 Å². The first kappa shape index (κ1) is 20.8. The largest absolute Gasteiger partial charge is 0.512 e. The number of nitrogens with zero attached hydrogens (tertiary/aromatic N) is 1. The highest BCUT2D eigenvalue weighted by molar-refractivity contribution is 7.14. The van der Waals surface area contributed by atoms with Crippen molar-refractivity contribution in [3.63, 3.8) is 0 Å². The first-order chi connectivity index (χ1) is 14.0. The molecule has 0 radical (unpaired) electrons. The maximum Gasteiger partial charge on any atom is 0.341 e. The van der Waals surface area contributed by atoms with Gasteiger partial charge in [0.1, 0.15) is 22.1 Å². The van der Waals surface area contributed by atoms with Gasteiger partial charge in [0, 0.05) is 30.0 Å². The van der Waals surface area contributed by atoms with E-state index in [0.717, 1.165) is 11.3 Å². The monoisotopic (exact) mass is 413 g/mol. The Bertz CT molecular complexity index is 956. The third-order valence-electron chi connectivity index (χ3n) is 4.47. The van der Waals surface area contributed by atoms with Gasteiger partial charge in [0.25, 0.3) is 0 Å². The van der Waals surface area contributed by atoms with E-state index in [4.69, 9.17) is 9.47 Å². The molecule has 29 heavy (non-hydrogen) atoms. The summed E-state index contributed by atoms with van der Waals surface area (Å²) in [7, 11) is 0. The number of carbonyl (C=O) groups excluding carboxylic acids is 2. The van der Waals surface area contributed by atoms with Crippen molar-refractivity contribution in [2.75, 3.05) is 13.2 Å². The van der Waals surface area contributed by atoms with Crippen LogP contribution in [0.5, 0.6) is 5.75 Å². The normalized spacial score (nSPS) is 14.5. The Hall–Kier alpha value is -2.93. The quantitative estimate of drug-likeness (QED) is 0.494. The average Bonchev–Trinajstić information content (AvgIpc) is 3.13. The highest BCUT2D eigenvalue weighted by Crippen LogP contribution is 2.38. The predicted molar refractivity (Wildman–Crippen MR) is 114 cm³/mol. The zero-order valence-corrected chi connectivity index (χ0v) is 17.3. The lowest BCUT2D eigenvalue weighted by molar-refractivity contribution is -0.115. The molecule has 0 bridgehead atoms. The topological polar surface area (TPSA) is 85.2 Å². The van der Waals surface area contributed by atoms with Crippen LogP contribution in [0.1, 0.15) is 43.5 Å². The molecule has 1 aromatic heterocycles. The van der Waals surface area contributed by atoms with Crippen molar-refractivity contribution < 1.29 is 24.2 Å². The Balaban J connectivity index is 1.99. The van der Waals surface area contributed by atoms with Crippen molar-refractivity contribution >= 4 is 34.3 Å². The van der Waals surface area contributed by atoms with Crippen LogP contribution >= 0.6 is 11.3 Å². The number of hydrogen-bond acceptors (Lipinski definition) is 7. The van der Waals surface area contributed by atoms with Crippen LogP contribution in [0.25, 0.3) is 11.1 Å².